The zero-order valence-corrected chi connectivity index (χ0v) is 15.3. The molecule has 0 atom stereocenters. The first-order chi connectivity index (χ1) is 13.2. The van der Waals surface area contributed by atoms with Gasteiger partial charge in [-0.2, -0.15) is 5.10 Å². The van der Waals surface area contributed by atoms with E-state index in [9.17, 15) is 4.79 Å². The van der Waals surface area contributed by atoms with E-state index < -0.39 is 0 Å². The molecule has 0 unspecified atom stereocenters. The second-order valence-corrected chi connectivity index (χ2v) is 6.94. The number of aromatic amines is 1. The Bertz CT molecular complexity index is 894. The van der Waals surface area contributed by atoms with Gasteiger partial charge in [-0.1, -0.05) is 35.5 Å². The first-order valence-electron chi connectivity index (χ1n) is 9.24. The predicted octanol–water partition coefficient (Wildman–Crippen LogP) is 3.46. The highest BCUT2D eigenvalue weighted by molar-refractivity contribution is 5.74. The lowest BCUT2D eigenvalue weighted by Gasteiger charge is -2.31. The van der Waals surface area contributed by atoms with E-state index in [1.54, 1.807) is 6.20 Å². The van der Waals surface area contributed by atoms with Gasteiger partial charge in [0.25, 0.3) is 0 Å². The average Bonchev–Trinajstić information content (AvgIpc) is 3.36. The van der Waals surface area contributed by atoms with Crippen molar-refractivity contribution in [1.29, 1.82) is 0 Å². The molecule has 4 rings (SSSR count). The van der Waals surface area contributed by atoms with Crippen molar-refractivity contribution < 1.29 is 9.32 Å². The van der Waals surface area contributed by atoms with Crippen LogP contribution in [0.1, 0.15) is 35.7 Å². The molecule has 2 aromatic heterocycles. The van der Waals surface area contributed by atoms with Gasteiger partial charge in [-0.15, -0.1) is 0 Å². The molecule has 3 aromatic rings. The normalized spacial score (nSPS) is 15.1. The van der Waals surface area contributed by atoms with Crippen LogP contribution in [0.5, 0.6) is 0 Å². The zero-order valence-electron chi connectivity index (χ0n) is 15.3. The minimum atomic E-state index is -0.00648. The fraction of sp³-hybridized carbons (Fsp3) is 0.350. The molecule has 0 radical (unpaired) electrons. The topological polar surface area (TPSA) is 87.0 Å². The van der Waals surface area contributed by atoms with Gasteiger partial charge in [0.1, 0.15) is 0 Å². The van der Waals surface area contributed by atoms with Crippen LogP contribution in [0.4, 0.5) is 4.79 Å². The van der Waals surface area contributed by atoms with Gasteiger partial charge in [0, 0.05) is 37.3 Å². The van der Waals surface area contributed by atoms with Gasteiger partial charge < -0.3 is 14.7 Å². The SMILES string of the molecule is Cc1cc(-c2cn[nH]c2C2CCN(C(=O)NCc3ccccc3)CC2)on1. The third-order valence-electron chi connectivity index (χ3n) is 5.04. The van der Waals surface area contributed by atoms with Crippen LogP contribution in [0, 0.1) is 6.92 Å². The maximum absolute atomic E-state index is 12.4. The molecular formula is C20H23N5O2. The van der Waals surface area contributed by atoms with Gasteiger partial charge in [-0.05, 0) is 25.3 Å². The molecule has 1 aliphatic heterocycles. The number of amides is 2. The van der Waals surface area contributed by atoms with E-state index in [1.165, 1.54) is 0 Å². The summed E-state index contributed by atoms with van der Waals surface area (Å²) in [5.41, 5.74) is 3.98. The standard InChI is InChI=1S/C20H23N5O2/c1-14-11-18(27-24-14)17-13-22-23-19(17)16-7-9-25(10-8-16)20(26)21-12-15-5-3-2-4-6-15/h2-6,11,13,16H,7-10,12H2,1H3,(H,21,26)(H,22,23). The number of carbonyl (C=O) groups is 1. The minimum Gasteiger partial charge on any atom is -0.356 e. The highest BCUT2D eigenvalue weighted by atomic mass is 16.5. The van der Waals surface area contributed by atoms with Crippen LogP contribution < -0.4 is 5.32 Å². The Labute approximate surface area is 157 Å². The molecule has 1 aromatic carbocycles. The third kappa shape index (κ3) is 3.86. The quantitative estimate of drug-likeness (QED) is 0.741. The third-order valence-corrected chi connectivity index (χ3v) is 5.04. The second kappa shape index (κ2) is 7.65. The van der Waals surface area contributed by atoms with Crippen LogP contribution in [0.2, 0.25) is 0 Å². The number of nitrogens with one attached hydrogen (secondary N) is 2. The molecule has 27 heavy (non-hydrogen) atoms. The number of piperidine rings is 1. The summed E-state index contributed by atoms with van der Waals surface area (Å²) < 4.78 is 5.39. The first-order valence-corrected chi connectivity index (χ1v) is 9.24. The number of H-pyrrole nitrogens is 1. The van der Waals surface area contributed by atoms with E-state index in [4.69, 9.17) is 4.52 Å². The summed E-state index contributed by atoms with van der Waals surface area (Å²) in [4.78, 5) is 14.3. The highest BCUT2D eigenvalue weighted by Gasteiger charge is 2.27. The minimum absolute atomic E-state index is 0.00648. The van der Waals surface area contributed by atoms with E-state index >= 15 is 0 Å². The fourth-order valence-corrected chi connectivity index (χ4v) is 3.55. The van der Waals surface area contributed by atoms with Gasteiger partial charge in [-0.25, -0.2) is 4.79 Å². The smallest absolute Gasteiger partial charge is 0.317 e. The molecule has 1 aliphatic rings. The summed E-state index contributed by atoms with van der Waals surface area (Å²) >= 11 is 0. The van der Waals surface area contributed by atoms with E-state index in [1.807, 2.05) is 48.2 Å². The second-order valence-electron chi connectivity index (χ2n) is 6.94. The predicted molar refractivity (Wildman–Crippen MR) is 101 cm³/mol. The number of benzene rings is 1. The Morgan fingerprint density at radius 3 is 2.78 bits per heavy atom. The Hall–Kier alpha value is -3.09. The largest absolute Gasteiger partial charge is 0.356 e. The molecule has 3 heterocycles. The Kier molecular flexibility index (Phi) is 4.91. The number of hydrogen-bond acceptors (Lipinski definition) is 4. The number of urea groups is 1. The van der Waals surface area contributed by atoms with Crippen molar-refractivity contribution in [3.8, 4) is 11.3 Å². The molecule has 0 bridgehead atoms. The monoisotopic (exact) mass is 365 g/mol. The Morgan fingerprint density at radius 1 is 1.30 bits per heavy atom. The van der Waals surface area contributed by atoms with Crippen molar-refractivity contribution in [3.63, 3.8) is 0 Å². The summed E-state index contributed by atoms with van der Waals surface area (Å²) in [5.74, 6) is 1.06. The molecule has 140 valence electrons. The molecule has 1 fully saturated rings. The molecule has 0 aliphatic carbocycles. The van der Waals surface area contributed by atoms with E-state index in [0.29, 0.717) is 12.5 Å². The maximum atomic E-state index is 12.4. The van der Waals surface area contributed by atoms with Crippen molar-refractivity contribution in [2.75, 3.05) is 13.1 Å². The van der Waals surface area contributed by atoms with Crippen LogP contribution in [0.15, 0.2) is 47.1 Å². The molecule has 2 N–H and O–H groups in total. The van der Waals surface area contributed by atoms with Gasteiger partial charge >= 0.3 is 6.03 Å². The molecule has 7 heteroatoms. The number of likely N-dealkylation sites (tertiary alicyclic amines) is 1. The lowest BCUT2D eigenvalue weighted by Crippen LogP contribution is -2.43. The van der Waals surface area contributed by atoms with Crippen LogP contribution in [-0.2, 0) is 6.54 Å². The van der Waals surface area contributed by atoms with Gasteiger partial charge in [0.15, 0.2) is 5.76 Å². The van der Waals surface area contributed by atoms with E-state index in [2.05, 4.69) is 20.7 Å². The van der Waals surface area contributed by atoms with Crippen molar-refractivity contribution in [1.82, 2.24) is 25.6 Å². The number of rotatable bonds is 4. The first kappa shape index (κ1) is 17.3. The van der Waals surface area contributed by atoms with Crippen LogP contribution in [0.3, 0.4) is 0 Å². The number of carbonyl (C=O) groups excluding carboxylic acids is 1. The lowest BCUT2D eigenvalue weighted by molar-refractivity contribution is 0.180. The molecular weight excluding hydrogens is 342 g/mol. The van der Waals surface area contributed by atoms with Crippen molar-refractivity contribution in [2.45, 2.75) is 32.2 Å². The average molecular weight is 365 g/mol. The van der Waals surface area contributed by atoms with Crippen molar-refractivity contribution >= 4 is 6.03 Å². The number of aromatic nitrogens is 3. The number of aryl methyl sites for hydroxylation is 1. The maximum Gasteiger partial charge on any atom is 0.317 e. The Balaban J connectivity index is 1.34. The van der Waals surface area contributed by atoms with E-state index in [0.717, 1.165) is 54.2 Å². The summed E-state index contributed by atoms with van der Waals surface area (Å²) in [5, 5.41) is 14.3. The number of nitrogens with zero attached hydrogens (tertiary/aromatic N) is 3. The summed E-state index contributed by atoms with van der Waals surface area (Å²) in [7, 11) is 0. The molecule has 1 saturated heterocycles. The highest BCUT2D eigenvalue weighted by Crippen LogP contribution is 2.34. The summed E-state index contributed by atoms with van der Waals surface area (Å²) in [6.07, 6.45) is 3.57. The van der Waals surface area contributed by atoms with Crippen molar-refractivity contribution in [3.05, 3.63) is 59.5 Å². The lowest BCUT2D eigenvalue weighted by atomic mass is 9.91. The van der Waals surface area contributed by atoms with Crippen LogP contribution >= 0.6 is 0 Å². The molecule has 2 amide bonds. The zero-order chi connectivity index (χ0) is 18.6. The summed E-state index contributed by atoms with van der Waals surface area (Å²) in [6, 6.07) is 11.9. The van der Waals surface area contributed by atoms with Crippen molar-refractivity contribution in [2.24, 2.45) is 0 Å². The summed E-state index contributed by atoms with van der Waals surface area (Å²) in [6.45, 7) is 3.90. The molecule has 0 saturated carbocycles. The molecule has 7 nitrogen and oxygen atoms in total. The van der Waals surface area contributed by atoms with Gasteiger partial charge in [-0.3, -0.25) is 5.10 Å². The van der Waals surface area contributed by atoms with E-state index in [-0.39, 0.29) is 6.03 Å². The van der Waals surface area contributed by atoms with Crippen LogP contribution in [-0.4, -0.2) is 39.4 Å². The van der Waals surface area contributed by atoms with Gasteiger partial charge in [0.05, 0.1) is 17.5 Å². The Morgan fingerprint density at radius 2 is 2.07 bits per heavy atom. The number of hydrogen-bond donors (Lipinski definition) is 2. The van der Waals surface area contributed by atoms with Crippen LogP contribution in [0.25, 0.3) is 11.3 Å². The van der Waals surface area contributed by atoms with Gasteiger partial charge in [0.2, 0.25) is 0 Å². The molecule has 0 spiro atoms. The fourth-order valence-electron chi connectivity index (χ4n) is 3.55.